The van der Waals surface area contributed by atoms with Crippen LogP contribution in [0.3, 0.4) is 0 Å². The number of rotatable bonds is 4. The van der Waals surface area contributed by atoms with Crippen molar-refractivity contribution in [2.45, 2.75) is 25.9 Å². The van der Waals surface area contributed by atoms with Gasteiger partial charge in [0.15, 0.2) is 0 Å². The van der Waals surface area contributed by atoms with Crippen LogP contribution in [0.5, 0.6) is 0 Å². The number of hydrogen-bond acceptors (Lipinski definition) is 2. The van der Waals surface area contributed by atoms with Gasteiger partial charge in [0.2, 0.25) is 5.91 Å². The Morgan fingerprint density at radius 1 is 1.13 bits per heavy atom. The molecule has 1 N–H and O–H groups in total. The Bertz CT molecular complexity index is 709. The second-order valence-corrected chi connectivity index (χ2v) is 6.01. The minimum atomic E-state index is -0.917. The van der Waals surface area contributed by atoms with E-state index in [0.717, 1.165) is 16.7 Å². The van der Waals surface area contributed by atoms with E-state index in [4.69, 9.17) is 0 Å². The molecule has 23 heavy (non-hydrogen) atoms. The number of carboxylic acids is 1. The normalized spacial score (nSPS) is 20.7. The Morgan fingerprint density at radius 3 is 2.39 bits per heavy atom. The highest BCUT2D eigenvalue weighted by molar-refractivity contribution is 5.87. The summed E-state index contributed by atoms with van der Waals surface area (Å²) in [6, 6.07) is 17.0. The lowest BCUT2D eigenvalue weighted by Gasteiger charge is -2.27. The van der Waals surface area contributed by atoms with Gasteiger partial charge in [-0.2, -0.15) is 0 Å². The van der Waals surface area contributed by atoms with Crippen LogP contribution in [0.15, 0.2) is 54.6 Å². The van der Waals surface area contributed by atoms with Crippen LogP contribution >= 0.6 is 0 Å². The van der Waals surface area contributed by atoms with E-state index in [0.29, 0.717) is 6.54 Å². The van der Waals surface area contributed by atoms with E-state index in [1.807, 2.05) is 61.5 Å². The predicted octanol–water partition coefficient (Wildman–Crippen LogP) is 3.17. The fourth-order valence-electron chi connectivity index (χ4n) is 3.15. The lowest BCUT2D eigenvalue weighted by molar-refractivity contribution is -0.142. The van der Waals surface area contributed by atoms with Gasteiger partial charge in [-0.15, -0.1) is 0 Å². The van der Waals surface area contributed by atoms with Gasteiger partial charge in [0.1, 0.15) is 0 Å². The molecular weight excluding hydrogens is 290 g/mol. The zero-order chi connectivity index (χ0) is 16.4. The van der Waals surface area contributed by atoms with E-state index < -0.39 is 17.9 Å². The van der Waals surface area contributed by atoms with Crippen molar-refractivity contribution in [3.05, 3.63) is 71.3 Å². The van der Waals surface area contributed by atoms with Gasteiger partial charge in [0, 0.05) is 13.0 Å². The molecule has 0 spiro atoms. The first-order valence-electron chi connectivity index (χ1n) is 7.69. The maximum atomic E-state index is 12.4. The molecule has 1 amide bonds. The quantitative estimate of drug-likeness (QED) is 0.943. The fraction of sp³-hybridized carbons (Fsp3) is 0.263. The van der Waals surface area contributed by atoms with Crippen LogP contribution < -0.4 is 0 Å². The van der Waals surface area contributed by atoms with Gasteiger partial charge in [-0.05, 0) is 18.1 Å². The van der Waals surface area contributed by atoms with Crippen molar-refractivity contribution in [1.82, 2.24) is 4.90 Å². The topological polar surface area (TPSA) is 57.6 Å². The third-order valence-electron chi connectivity index (χ3n) is 4.36. The lowest BCUT2D eigenvalue weighted by Crippen LogP contribution is -2.30. The first-order chi connectivity index (χ1) is 11.1. The van der Waals surface area contributed by atoms with E-state index in [1.165, 1.54) is 0 Å². The average Bonchev–Trinajstić information content (AvgIpc) is 2.86. The number of benzene rings is 2. The van der Waals surface area contributed by atoms with Crippen LogP contribution in [0, 0.1) is 12.8 Å². The highest BCUT2D eigenvalue weighted by atomic mass is 16.4. The van der Waals surface area contributed by atoms with Crippen LogP contribution in [0.4, 0.5) is 0 Å². The molecule has 0 aliphatic carbocycles. The molecule has 4 heteroatoms. The zero-order valence-corrected chi connectivity index (χ0v) is 13.0. The number of aryl methyl sites for hydroxylation is 1. The first kappa shape index (κ1) is 15.3. The Morgan fingerprint density at radius 2 is 1.78 bits per heavy atom. The molecule has 1 fully saturated rings. The molecule has 1 heterocycles. The number of hydrogen-bond donors (Lipinski definition) is 1. The van der Waals surface area contributed by atoms with Gasteiger partial charge in [-0.25, -0.2) is 0 Å². The minimum absolute atomic E-state index is 0.0563. The minimum Gasteiger partial charge on any atom is -0.481 e. The van der Waals surface area contributed by atoms with Gasteiger partial charge in [-0.3, -0.25) is 9.59 Å². The first-order valence-corrected chi connectivity index (χ1v) is 7.69. The third kappa shape index (κ3) is 3.11. The lowest BCUT2D eigenvalue weighted by atomic mass is 9.93. The molecule has 2 aromatic carbocycles. The second kappa shape index (κ2) is 6.24. The fourth-order valence-corrected chi connectivity index (χ4v) is 3.15. The average molecular weight is 309 g/mol. The van der Waals surface area contributed by atoms with Crippen molar-refractivity contribution in [3.63, 3.8) is 0 Å². The van der Waals surface area contributed by atoms with Crippen molar-refractivity contribution < 1.29 is 14.7 Å². The highest BCUT2D eigenvalue weighted by Gasteiger charge is 2.44. The van der Waals surface area contributed by atoms with Crippen molar-refractivity contribution >= 4 is 11.9 Å². The molecular formula is C19H19NO3. The van der Waals surface area contributed by atoms with E-state index in [2.05, 4.69) is 0 Å². The molecule has 0 saturated carbocycles. The summed E-state index contributed by atoms with van der Waals surface area (Å²) in [5, 5.41) is 9.52. The van der Waals surface area contributed by atoms with Crippen LogP contribution in [0.1, 0.15) is 29.2 Å². The molecule has 2 aromatic rings. The number of amides is 1. The number of carbonyl (C=O) groups is 2. The molecule has 118 valence electrons. The summed E-state index contributed by atoms with van der Waals surface area (Å²) in [4.78, 5) is 25.7. The molecule has 1 aliphatic heterocycles. The molecule has 2 atom stereocenters. The molecule has 1 saturated heterocycles. The molecule has 1 aliphatic rings. The number of carbonyl (C=O) groups excluding carboxylic acids is 1. The number of carboxylic acid groups (broad SMARTS) is 1. The van der Waals surface area contributed by atoms with Gasteiger partial charge >= 0.3 is 5.97 Å². The van der Waals surface area contributed by atoms with Crippen LogP contribution in [-0.2, 0) is 16.1 Å². The molecule has 0 bridgehead atoms. The van der Waals surface area contributed by atoms with Crippen molar-refractivity contribution in [1.29, 1.82) is 0 Å². The van der Waals surface area contributed by atoms with Crippen molar-refractivity contribution in [3.8, 4) is 0 Å². The van der Waals surface area contributed by atoms with Crippen LogP contribution in [-0.4, -0.2) is 21.9 Å². The van der Waals surface area contributed by atoms with Crippen molar-refractivity contribution in [2.24, 2.45) is 5.92 Å². The van der Waals surface area contributed by atoms with Gasteiger partial charge < -0.3 is 10.0 Å². The number of aliphatic carboxylic acids is 1. The predicted molar refractivity (Wildman–Crippen MR) is 86.7 cm³/mol. The van der Waals surface area contributed by atoms with E-state index in [-0.39, 0.29) is 12.3 Å². The maximum absolute atomic E-state index is 12.4. The Kier molecular flexibility index (Phi) is 4.15. The van der Waals surface area contributed by atoms with Crippen molar-refractivity contribution in [2.75, 3.05) is 0 Å². The second-order valence-electron chi connectivity index (χ2n) is 6.01. The Labute approximate surface area is 135 Å². The molecule has 4 nitrogen and oxygen atoms in total. The van der Waals surface area contributed by atoms with E-state index >= 15 is 0 Å². The Balaban J connectivity index is 1.96. The summed E-state index contributed by atoms with van der Waals surface area (Å²) < 4.78 is 0. The van der Waals surface area contributed by atoms with Gasteiger partial charge in [-0.1, -0.05) is 60.2 Å². The molecule has 0 unspecified atom stereocenters. The number of nitrogens with zero attached hydrogens (tertiary/aromatic N) is 1. The molecule has 0 radical (unpaired) electrons. The zero-order valence-electron chi connectivity index (χ0n) is 13.0. The summed E-state index contributed by atoms with van der Waals surface area (Å²) in [6.07, 6.45) is 0.0563. The maximum Gasteiger partial charge on any atom is 0.309 e. The van der Waals surface area contributed by atoms with E-state index in [9.17, 15) is 14.7 Å². The standard InChI is InChI=1S/C19H19NO3/c1-13-7-9-15(10-8-13)18-16(19(22)23)11-17(21)20(18)12-14-5-3-2-4-6-14/h2-10,16,18H,11-12H2,1H3,(H,22,23)/t16-,18+/m1/s1. The highest BCUT2D eigenvalue weighted by Crippen LogP contribution is 2.39. The van der Waals surface area contributed by atoms with E-state index in [1.54, 1.807) is 4.90 Å². The SMILES string of the molecule is Cc1ccc([C@H]2[C@H](C(=O)O)CC(=O)N2Cc2ccccc2)cc1. The smallest absolute Gasteiger partial charge is 0.309 e. The summed E-state index contributed by atoms with van der Waals surface area (Å²) in [5.74, 6) is -1.72. The molecule has 3 rings (SSSR count). The summed E-state index contributed by atoms with van der Waals surface area (Å²) in [6.45, 7) is 2.42. The molecule has 0 aromatic heterocycles. The van der Waals surface area contributed by atoms with Gasteiger partial charge in [0.25, 0.3) is 0 Å². The third-order valence-corrected chi connectivity index (χ3v) is 4.36. The monoisotopic (exact) mass is 309 g/mol. The Hall–Kier alpha value is -2.62. The van der Waals surface area contributed by atoms with Crippen LogP contribution in [0.2, 0.25) is 0 Å². The van der Waals surface area contributed by atoms with Gasteiger partial charge in [0.05, 0.1) is 12.0 Å². The summed E-state index contributed by atoms with van der Waals surface area (Å²) >= 11 is 0. The number of likely N-dealkylation sites (tertiary alicyclic amines) is 1. The van der Waals surface area contributed by atoms with Crippen LogP contribution in [0.25, 0.3) is 0 Å². The summed E-state index contributed by atoms with van der Waals surface area (Å²) in [7, 11) is 0. The summed E-state index contributed by atoms with van der Waals surface area (Å²) in [5.41, 5.74) is 2.99. The largest absolute Gasteiger partial charge is 0.481 e.